The highest BCUT2D eigenvalue weighted by Crippen LogP contribution is 2.32. The van der Waals surface area contributed by atoms with Gasteiger partial charge >= 0.3 is 0 Å². The molecule has 3 aromatic carbocycles. The van der Waals surface area contributed by atoms with Crippen LogP contribution in [0.2, 0.25) is 0 Å². The molecular weight excluding hydrogens is 653 g/mol. The molecule has 1 saturated carbocycles. The topological polar surface area (TPSA) is 105 Å². The number of anilines is 1. The second kappa shape index (κ2) is 14.9. The summed E-state index contributed by atoms with van der Waals surface area (Å²) in [6.45, 7) is 1.07. The summed E-state index contributed by atoms with van der Waals surface area (Å²) in [6, 6.07) is 15.4. The van der Waals surface area contributed by atoms with E-state index in [0.29, 0.717) is 5.75 Å². The summed E-state index contributed by atoms with van der Waals surface area (Å²) in [6.07, 6.45) is 4.94. The van der Waals surface area contributed by atoms with Crippen molar-refractivity contribution >= 4 is 43.5 Å². The average molecular weight is 691 g/mol. The van der Waals surface area contributed by atoms with Crippen molar-refractivity contribution in [2.45, 2.75) is 62.6 Å². The van der Waals surface area contributed by atoms with Gasteiger partial charge in [-0.1, -0.05) is 47.3 Å². The highest BCUT2D eigenvalue weighted by Gasteiger charge is 2.33. The fourth-order valence-electron chi connectivity index (χ4n) is 5.18. The third-order valence-electron chi connectivity index (χ3n) is 7.72. The van der Waals surface area contributed by atoms with Gasteiger partial charge in [-0.05, 0) is 73.9 Å². The Hall–Kier alpha value is -3.64. The lowest BCUT2D eigenvalue weighted by Crippen LogP contribution is -2.53. The number of halogens is 2. The molecule has 0 heterocycles. The summed E-state index contributed by atoms with van der Waals surface area (Å²) in [4.78, 5) is 28.8. The average Bonchev–Trinajstić information content (AvgIpc) is 3.03. The van der Waals surface area contributed by atoms with Crippen LogP contribution < -0.4 is 19.1 Å². The van der Waals surface area contributed by atoms with Gasteiger partial charge in [0.2, 0.25) is 11.8 Å². The fraction of sp³-hybridized carbons (Fsp3) is 0.375. The molecule has 44 heavy (non-hydrogen) atoms. The molecule has 0 aliphatic heterocycles. The van der Waals surface area contributed by atoms with Crippen LogP contribution in [0.1, 0.15) is 44.6 Å². The van der Waals surface area contributed by atoms with Crippen LogP contribution in [-0.4, -0.2) is 58.0 Å². The van der Waals surface area contributed by atoms with Gasteiger partial charge in [-0.2, -0.15) is 0 Å². The minimum Gasteiger partial charge on any atom is -0.493 e. The van der Waals surface area contributed by atoms with Gasteiger partial charge in [0, 0.05) is 23.1 Å². The summed E-state index contributed by atoms with van der Waals surface area (Å²) >= 11 is 3.41. The molecular formula is C32H37BrFN3O6S. The number of nitrogens with one attached hydrogen (secondary N) is 1. The second-order valence-corrected chi connectivity index (χ2v) is 13.5. The maximum Gasteiger partial charge on any atom is 0.264 e. The molecule has 1 fully saturated rings. The van der Waals surface area contributed by atoms with Crippen LogP contribution in [-0.2, 0) is 26.2 Å². The highest BCUT2D eigenvalue weighted by atomic mass is 79.9. The van der Waals surface area contributed by atoms with E-state index >= 15 is 0 Å². The van der Waals surface area contributed by atoms with Crippen molar-refractivity contribution in [3.63, 3.8) is 0 Å². The molecule has 9 nitrogen and oxygen atoms in total. The van der Waals surface area contributed by atoms with Crippen LogP contribution in [0.25, 0.3) is 0 Å². The first-order valence-corrected chi connectivity index (χ1v) is 16.6. The van der Waals surface area contributed by atoms with Crippen molar-refractivity contribution in [3.8, 4) is 11.5 Å². The van der Waals surface area contributed by atoms with Gasteiger partial charge in [0.05, 0.1) is 24.8 Å². The lowest BCUT2D eigenvalue weighted by atomic mass is 9.95. The van der Waals surface area contributed by atoms with Crippen molar-refractivity contribution in [1.82, 2.24) is 10.2 Å². The normalized spacial score (nSPS) is 14.4. The van der Waals surface area contributed by atoms with Crippen LogP contribution in [0, 0.1) is 5.82 Å². The molecule has 1 aliphatic carbocycles. The lowest BCUT2D eigenvalue weighted by Gasteiger charge is -2.33. The van der Waals surface area contributed by atoms with Crippen molar-refractivity contribution < 1.29 is 31.9 Å². The Bertz CT molecular complexity index is 1550. The predicted octanol–water partition coefficient (Wildman–Crippen LogP) is 5.67. The molecule has 1 unspecified atom stereocenters. The van der Waals surface area contributed by atoms with E-state index in [1.165, 1.54) is 49.5 Å². The first-order valence-electron chi connectivity index (χ1n) is 14.4. The van der Waals surface area contributed by atoms with E-state index in [4.69, 9.17) is 9.47 Å². The van der Waals surface area contributed by atoms with E-state index in [-0.39, 0.29) is 34.8 Å². The Labute approximate surface area is 266 Å². The molecule has 1 atom stereocenters. The van der Waals surface area contributed by atoms with E-state index in [9.17, 15) is 22.4 Å². The first-order chi connectivity index (χ1) is 21.0. The summed E-state index contributed by atoms with van der Waals surface area (Å²) in [7, 11) is -1.56. The Kier molecular flexibility index (Phi) is 11.3. The van der Waals surface area contributed by atoms with Gasteiger partial charge < -0.3 is 19.7 Å². The van der Waals surface area contributed by atoms with E-state index in [2.05, 4.69) is 21.2 Å². The second-order valence-electron chi connectivity index (χ2n) is 10.7. The van der Waals surface area contributed by atoms with Gasteiger partial charge in [0.15, 0.2) is 11.5 Å². The van der Waals surface area contributed by atoms with Gasteiger partial charge in [-0.15, -0.1) is 0 Å². The molecule has 0 saturated heterocycles. The maximum absolute atomic E-state index is 14.1. The molecule has 1 aliphatic rings. The monoisotopic (exact) mass is 689 g/mol. The first kappa shape index (κ1) is 33.3. The highest BCUT2D eigenvalue weighted by molar-refractivity contribution is 9.10. The Morgan fingerprint density at radius 2 is 1.59 bits per heavy atom. The van der Waals surface area contributed by atoms with Gasteiger partial charge in [0.25, 0.3) is 10.0 Å². The molecule has 0 bridgehead atoms. The number of methoxy groups -OCH3 is 2. The van der Waals surface area contributed by atoms with Crippen molar-refractivity contribution in [2.24, 2.45) is 0 Å². The molecule has 3 aromatic rings. The summed E-state index contributed by atoms with van der Waals surface area (Å²) in [5.41, 5.74) is 0.840. The molecule has 12 heteroatoms. The summed E-state index contributed by atoms with van der Waals surface area (Å²) in [5.74, 6) is -0.961. The molecule has 0 spiro atoms. The molecule has 0 radical (unpaired) electrons. The SMILES string of the molecule is COc1ccc(S(=O)(=O)N(CC(=O)N(Cc2ccc(Br)cc2)C(C)C(=O)NC2CCCCC2)c2ccc(F)cc2)cc1OC. The van der Waals surface area contributed by atoms with Gasteiger partial charge in [-0.3, -0.25) is 13.9 Å². The third kappa shape index (κ3) is 8.09. The Balaban J connectivity index is 1.70. The number of benzene rings is 3. The number of carbonyl (C=O) groups excluding carboxylic acids is 2. The Morgan fingerprint density at radius 3 is 2.20 bits per heavy atom. The zero-order chi connectivity index (χ0) is 31.9. The van der Waals surface area contributed by atoms with Crippen LogP contribution >= 0.6 is 15.9 Å². The number of carbonyl (C=O) groups is 2. The number of hydrogen-bond acceptors (Lipinski definition) is 6. The smallest absolute Gasteiger partial charge is 0.264 e. The van der Waals surface area contributed by atoms with Crippen LogP contribution in [0.3, 0.4) is 0 Å². The molecule has 4 rings (SSSR count). The van der Waals surface area contributed by atoms with Crippen molar-refractivity contribution in [1.29, 1.82) is 0 Å². The standard InChI is InChI=1S/C32H37BrFN3O6S/c1-22(32(39)35-26-7-5-4-6-8-26)36(20-23-9-11-24(33)12-10-23)31(38)21-37(27-15-13-25(34)14-16-27)44(40,41)28-17-18-29(42-2)30(19-28)43-3/h9-19,22,26H,4-8,20-21H2,1-3H3,(H,35,39). The van der Waals surface area contributed by atoms with Crippen LogP contribution in [0.4, 0.5) is 10.1 Å². The molecule has 236 valence electrons. The lowest BCUT2D eigenvalue weighted by molar-refractivity contribution is -0.139. The summed E-state index contributed by atoms with van der Waals surface area (Å²) < 4.78 is 54.4. The number of sulfonamides is 1. The minimum atomic E-state index is -4.38. The number of ether oxygens (including phenoxy) is 2. The number of rotatable bonds is 12. The predicted molar refractivity (Wildman–Crippen MR) is 170 cm³/mol. The summed E-state index contributed by atoms with van der Waals surface area (Å²) in [5, 5.41) is 3.08. The number of nitrogens with zero attached hydrogens (tertiary/aromatic N) is 2. The van der Waals surface area contributed by atoms with E-state index < -0.39 is 34.3 Å². The zero-order valence-electron chi connectivity index (χ0n) is 25.0. The fourth-order valence-corrected chi connectivity index (χ4v) is 6.87. The van der Waals surface area contributed by atoms with E-state index in [1.807, 2.05) is 24.3 Å². The molecule has 0 aromatic heterocycles. The van der Waals surface area contributed by atoms with Crippen molar-refractivity contribution in [2.75, 3.05) is 25.1 Å². The molecule has 2 amide bonds. The quantitative estimate of drug-likeness (QED) is 0.263. The van der Waals surface area contributed by atoms with E-state index in [0.717, 1.165) is 58.6 Å². The zero-order valence-corrected chi connectivity index (χ0v) is 27.4. The Morgan fingerprint density at radius 1 is 0.955 bits per heavy atom. The number of amides is 2. The minimum absolute atomic E-state index is 0.0319. The van der Waals surface area contributed by atoms with Crippen LogP contribution in [0.15, 0.2) is 76.1 Å². The van der Waals surface area contributed by atoms with Gasteiger partial charge in [0.1, 0.15) is 18.4 Å². The third-order valence-corrected chi connectivity index (χ3v) is 10.0. The van der Waals surface area contributed by atoms with Crippen molar-refractivity contribution in [3.05, 3.63) is 82.6 Å². The van der Waals surface area contributed by atoms with E-state index in [1.54, 1.807) is 6.92 Å². The van der Waals surface area contributed by atoms with Crippen LogP contribution in [0.5, 0.6) is 11.5 Å². The number of hydrogen-bond donors (Lipinski definition) is 1. The maximum atomic E-state index is 14.1. The largest absolute Gasteiger partial charge is 0.493 e. The molecule has 1 N–H and O–H groups in total. The van der Waals surface area contributed by atoms with Gasteiger partial charge in [-0.25, -0.2) is 12.8 Å².